The van der Waals surface area contributed by atoms with E-state index >= 15 is 0 Å². The Kier molecular flexibility index (Phi) is 5.52. The highest BCUT2D eigenvalue weighted by Crippen LogP contribution is 2.35. The summed E-state index contributed by atoms with van der Waals surface area (Å²) in [5.41, 5.74) is 7.81. The molecule has 6 heteroatoms. The van der Waals surface area contributed by atoms with Crippen molar-refractivity contribution in [1.29, 1.82) is 0 Å². The number of hydrogen-bond donors (Lipinski definition) is 2. The summed E-state index contributed by atoms with van der Waals surface area (Å²) in [5, 5.41) is 4.25. The third kappa shape index (κ3) is 3.79. The van der Waals surface area contributed by atoms with Gasteiger partial charge in [-0.1, -0.05) is 12.1 Å². The molecule has 2 rings (SSSR count). The monoisotopic (exact) mass is 290 g/mol. The number of nitrogen functional groups attached to an aromatic ring is 1. The lowest BCUT2D eigenvalue weighted by Gasteiger charge is -2.07. The molecule has 0 amide bonds. The van der Waals surface area contributed by atoms with Crippen molar-refractivity contribution in [3.05, 3.63) is 37.2 Å². The van der Waals surface area contributed by atoms with Crippen LogP contribution in [0.5, 0.6) is 0 Å². The van der Waals surface area contributed by atoms with Gasteiger partial charge >= 0.3 is 0 Å². The molecule has 0 unspecified atom stereocenters. The van der Waals surface area contributed by atoms with Gasteiger partial charge in [-0.25, -0.2) is 0 Å². The molecule has 0 bridgehead atoms. The number of nitrogens with zero attached hydrogens (tertiary/aromatic N) is 2. The van der Waals surface area contributed by atoms with Gasteiger partial charge in [0.25, 0.3) is 0 Å². The highest BCUT2D eigenvalue weighted by Gasteiger charge is 2.13. The van der Waals surface area contributed by atoms with Crippen molar-refractivity contribution in [2.24, 2.45) is 0 Å². The molecular formula is C14H18N4OS. The highest BCUT2D eigenvalue weighted by molar-refractivity contribution is 7.11. The number of anilines is 2. The van der Waals surface area contributed by atoms with Gasteiger partial charge in [0.1, 0.15) is 10.8 Å². The molecule has 0 fully saturated rings. The number of ether oxygens (including phenoxy) is 1. The van der Waals surface area contributed by atoms with E-state index in [1.54, 1.807) is 12.4 Å². The van der Waals surface area contributed by atoms with Crippen LogP contribution in [0, 0.1) is 0 Å². The van der Waals surface area contributed by atoms with Gasteiger partial charge in [0, 0.05) is 24.5 Å². The molecule has 0 radical (unpaired) electrons. The zero-order valence-electron chi connectivity index (χ0n) is 11.2. The molecule has 106 valence electrons. The van der Waals surface area contributed by atoms with Crippen LogP contribution in [-0.2, 0) is 4.74 Å². The summed E-state index contributed by atoms with van der Waals surface area (Å²) in [6.07, 6.45) is 6.23. The molecule has 0 aliphatic rings. The number of hydrogen-bond acceptors (Lipinski definition) is 6. The zero-order valence-corrected chi connectivity index (χ0v) is 12.0. The van der Waals surface area contributed by atoms with Crippen LogP contribution >= 0.6 is 11.5 Å². The van der Waals surface area contributed by atoms with Crippen LogP contribution < -0.4 is 11.1 Å². The van der Waals surface area contributed by atoms with Crippen LogP contribution in [0.3, 0.4) is 0 Å². The molecule has 0 aliphatic heterocycles. The first kappa shape index (κ1) is 14.5. The van der Waals surface area contributed by atoms with E-state index in [0.29, 0.717) is 25.6 Å². The summed E-state index contributed by atoms with van der Waals surface area (Å²) in [4.78, 5) is 4.11. The first-order chi connectivity index (χ1) is 9.83. The minimum Gasteiger partial charge on any atom is -0.382 e. The fourth-order valence-corrected chi connectivity index (χ4v) is 2.48. The average molecular weight is 290 g/mol. The third-order valence-electron chi connectivity index (χ3n) is 2.67. The average Bonchev–Trinajstić information content (AvgIpc) is 2.84. The fraction of sp³-hybridized carbons (Fsp3) is 0.286. The second-order valence-corrected chi connectivity index (χ2v) is 4.90. The normalized spacial score (nSPS) is 10.4. The predicted molar refractivity (Wildman–Crippen MR) is 83.9 cm³/mol. The summed E-state index contributed by atoms with van der Waals surface area (Å²) >= 11 is 1.35. The minimum atomic E-state index is 0.526. The summed E-state index contributed by atoms with van der Waals surface area (Å²) in [6.45, 7) is 5.70. The van der Waals surface area contributed by atoms with Gasteiger partial charge in [0.15, 0.2) is 0 Å². The van der Waals surface area contributed by atoms with Crippen LogP contribution in [0.2, 0.25) is 0 Å². The molecule has 20 heavy (non-hydrogen) atoms. The second kappa shape index (κ2) is 7.62. The summed E-state index contributed by atoms with van der Waals surface area (Å²) in [7, 11) is 0. The van der Waals surface area contributed by atoms with Crippen LogP contribution in [0.15, 0.2) is 37.2 Å². The van der Waals surface area contributed by atoms with E-state index in [2.05, 4.69) is 21.3 Å². The van der Waals surface area contributed by atoms with Gasteiger partial charge in [0.2, 0.25) is 0 Å². The van der Waals surface area contributed by atoms with Crippen molar-refractivity contribution in [3.63, 3.8) is 0 Å². The summed E-state index contributed by atoms with van der Waals surface area (Å²) in [6, 6.07) is 3.85. The lowest BCUT2D eigenvalue weighted by Crippen LogP contribution is -2.09. The Morgan fingerprint density at radius 3 is 3.10 bits per heavy atom. The van der Waals surface area contributed by atoms with E-state index in [4.69, 9.17) is 10.5 Å². The Morgan fingerprint density at radius 1 is 1.45 bits per heavy atom. The van der Waals surface area contributed by atoms with Crippen molar-refractivity contribution in [2.45, 2.75) is 6.42 Å². The number of pyridine rings is 1. The molecule has 2 aromatic heterocycles. The van der Waals surface area contributed by atoms with Crippen LogP contribution in [-0.4, -0.2) is 29.1 Å². The lowest BCUT2D eigenvalue weighted by molar-refractivity contribution is 0.149. The Morgan fingerprint density at radius 2 is 2.35 bits per heavy atom. The zero-order chi connectivity index (χ0) is 14.2. The largest absolute Gasteiger partial charge is 0.382 e. The van der Waals surface area contributed by atoms with E-state index in [-0.39, 0.29) is 0 Å². The number of aromatic nitrogens is 2. The molecule has 2 heterocycles. The maximum atomic E-state index is 5.93. The molecule has 5 nitrogen and oxygen atoms in total. The summed E-state index contributed by atoms with van der Waals surface area (Å²) in [5.74, 6) is 0.526. The van der Waals surface area contributed by atoms with E-state index < -0.39 is 0 Å². The highest BCUT2D eigenvalue weighted by atomic mass is 32.1. The predicted octanol–water partition coefficient (Wildman–Crippen LogP) is 2.79. The molecule has 0 aromatic carbocycles. The molecule has 0 spiro atoms. The lowest BCUT2D eigenvalue weighted by atomic mass is 10.1. The molecule has 0 saturated carbocycles. The molecule has 0 atom stereocenters. The van der Waals surface area contributed by atoms with E-state index in [9.17, 15) is 0 Å². The molecule has 0 aliphatic carbocycles. The van der Waals surface area contributed by atoms with Crippen molar-refractivity contribution in [2.75, 3.05) is 30.8 Å². The molecule has 3 N–H and O–H groups in total. The van der Waals surface area contributed by atoms with E-state index in [1.807, 2.05) is 18.2 Å². The van der Waals surface area contributed by atoms with E-state index in [0.717, 1.165) is 22.5 Å². The third-order valence-corrected chi connectivity index (χ3v) is 3.49. The van der Waals surface area contributed by atoms with Crippen LogP contribution in [0.4, 0.5) is 10.8 Å². The smallest absolute Gasteiger partial charge is 0.147 e. The minimum absolute atomic E-state index is 0.526. The summed E-state index contributed by atoms with van der Waals surface area (Å²) < 4.78 is 9.65. The van der Waals surface area contributed by atoms with Gasteiger partial charge in [-0.15, -0.1) is 6.58 Å². The number of rotatable bonds is 8. The van der Waals surface area contributed by atoms with Crippen molar-refractivity contribution in [3.8, 4) is 11.1 Å². The standard InChI is InChI=1S/C14H18N4OS/c1-2-3-8-19-9-7-17-14-12(13(15)18-20-14)11-5-4-6-16-10-11/h2,4-6,10,17H,1,3,7-9H2,(H2,15,18). The fourth-order valence-electron chi connectivity index (χ4n) is 1.72. The Hall–Kier alpha value is -1.92. The van der Waals surface area contributed by atoms with Crippen LogP contribution in [0.25, 0.3) is 11.1 Å². The van der Waals surface area contributed by atoms with Gasteiger partial charge in [-0.05, 0) is 24.0 Å². The van der Waals surface area contributed by atoms with Crippen molar-refractivity contribution in [1.82, 2.24) is 9.36 Å². The van der Waals surface area contributed by atoms with Crippen molar-refractivity contribution < 1.29 is 4.74 Å². The number of nitrogens with two attached hydrogens (primary N) is 1. The van der Waals surface area contributed by atoms with E-state index in [1.165, 1.54) is 11.5 Å². The number of nitrogens with one attached hydrogen (secondary N) is 1. The van der Waals surface area contributed by atoms with Gasteiger partial charge in [-0.3, -0.25) is 4.98 Å². The van der Waals surface area contributed by atoms with Crippen molar-refractivity contribution >= 4 is 22.4 Å². The first-order valence-corrected chi connectivity index (χ1v) is 7.18. The Balaban J connectivity index is 1.94. The first-order valence-electron chi connectivity index (χ1n) is 6.41. The van der Waals surface area contributed by atoms with Gasteiger partial charge in [-0.2, -0.15) is 4.37 Å². The maximum absolute atomic E-state index is 5.93. The maximum Gasteiger partial charge on any atom is 0.147 e. The Bertz CT molecular complexity index is 541. The van der Waals surface area contributed by atoms with Gasteiger partial charge < -0.3 is 15.8 Å². The topological polar surface area (TPSA) is 73.1 Å². The van der Waals surface area contributed by atoms with Crippen LogP contribution in [0.1, 0.15) is 6.42 Å². The SMILES string of the molecule is C=CCCOCCNc1snc(N)c1-c1cccnc1. The quantitative estimate of drug-likeness (QED) is 0.577. The molecule has 2 aromatic rings. The van der Waals surface area contributed by atoms with Gasteiger partial charge in [0.05, 0.1) is 18.8 Å². The molecule has 0 saturated heterocycles. The molecular weight excluding hydrogens is 272 g/mol. The second-order valence-electron chi connectivity index (χ2n) is 4.13. The Labute approximate surface area is 122 Å².